The van der Waals surface area contributed by atoms with Gasteiger partial charge in [-0.05, 0) is 23.8 Å². The molecule has 2 heterocycles. The maximum atomic E-state index is 12.3. The fourth-order valence-corrected chi connectivity index (χ4v) is 2.39. The van der Waals surface area contributed by atoms with Crippen molar-refractivity contribution in [1.82, 2.24) is 19.6 Å². The summed E-state index contributed by atoms with van der Waals surface area (Å²) in [4.78, 5) is 23.0. The number of carboxylic acids is 1. The topological polar surface area (TPSA) is 102 Å². The molecule has 0 spiro atoms. The number of carbonyl (C=O) groups is 2. The Morgan fingerprint density at radius 1 is 1.16 bits per heavy atom. The molecular formula is C16H14ClN5O3. The first kappa shape index (κ1) is 16.7. The third kappa shape index (κ3) is 4.24. The maximum absolute atomic E-state index is 12.3. The van der Waals surface area contributed by atoms with Gasteiger partial charge in [-0.25, -0.2) is 4.68 Å². The zero-order valence-electron chi connectivity index (χ0n) is 13.0. The van der Waals surface area contributed by atoms with E-state index in [0.717, 1.165) is 10.2 Å². The van der Waals surface area contributed by atoms with Crippen LogP contribution in [0.3, 0.4) is 0 Å². The molecule has 0 saturated carbocycles. The number of nitrogens with zero attached hydrogens (tertiary/aromatic N) is 4. The van der Waals surface area contributed by atoms with Crippen LogP contribution in [0.5, 0.6) is 0 Å². The molecule has 1 aromatic carbocycles. The summed E-state index contributed by atoms with van der Waals surface area (Å²) in [6.45, 7) is 0.148. The minimum Gasteiger partial charge on any atom is -0.480 e. The first-order valence-electron chi connectivity index (χ1n) is 7.33. The van der Waals surface area contributed by atoms with Crippen molar-refractivity contribution in [1.29, 1.82) is 0 Å². The van der Waals surface area contributed by atoms with Crippen LogP contribution in [0, 0.1) is 0 Å². The van der Waals surface area contributed by atoms with E-state index in [1.165, 1.54) is 18.5 Å². The van der Waals surface area contributed by atoms with E-state index in [1.807, 2.05) is 12.1 Å². The quantitative estimate of drug-likeness (QED) is 0.701. The van der Waals surface area contributed by atoms with E-state index < -0.39 is 11.9 Å². The summed E-state index contributed by atoms with van der Waals surface area (Å²) >= 11 is 5.86. The number of anilines is 1. The largest absolute Gasteiger partial charge is 0.480 e. The first-order valence-corrected chi connectivity index (χ1v) is 7.71. The lowest BCUT2D eigenvalue weighted by Gasteiger charge is -2.05. The van der Waals surface area contributed by atoms with Crippen molar-refractivity contribution < 1.29 is 14.7 Å². The highest BCUT2D eigenvalue weighted by Gasteiger charge is 2.15. The number of benzene rings is 1. The van der Waals surface area contributed by atoms with Gasteiger partial charge in [-0.2, -0.15) is 10.2 Å². The third-order valence-electron chi connectivity index (χ3n) is 3.38. The molecule has 9 heteroatoms. The Morgan fingerprint density at radius 3 is 2.64 bits per heavy atom. The molecule has 3 aromatic rings. The molecule has 1 amide bonds. The Kier molecular flexibility index (Phi) is 4.80. The van der Waals surface area contributed by atoms with E-state index in [-0.39, 0.29) is 12.2 Å². The molecule has 8 nitrogen and oxygen atoms in total. The van der Waals surface area contributed by atoms with Gasteiger partial charge in [-0.15, -0.1) is 0 Å². The molecule has 0 fully saturated rings. The van der Waals surface area contributed by atoms with Gasteiger partial charge < -0.3 is 10.4 Å². The van der Waals surface area contributed by atoms with Gasteiger partial charge >= 0.3 is 5.97 Å². The van der Waals surface area contributed by atoms with E-state index in [0.29, 0.717) is 17.3 Å². The highest BCUT2D eigenvalue weighted by atomic mass is 35.5. The Balaban J connectivity index is 1.67. The average Bonchev–Trinajstić information content (AvgIpc) is 3.18. The number of amides is 1. The van der Waals surface area contributed by atoms with Gasteiger partial charge in [0.2, 0.25) is 0 Å². The summed E-state index contributed by atoms with van der Waals surface area (Å²) in [5, 5.41) is 20.2. The van der Waals surface area contributed by atoms with Crippen molar-refractivity contribution in [2.45, 2.75) is 13.1 Å². The van der Waals surface area contributed by atoms with Crippen molar-refractivity contribution in [2.75, 3.05) is 5.32 Å². The molecule has 0 aliphatic carbocycles. The molecular weight excluding hydrogens is 346 g/mol. The fraction of sp³-hybridized carbons (Fsp3) is 0.125. The Morgan fingerprint density at radius 2 is 1.92 bits per heavy atom. The fourth-order valence-electron chi connectivity index (χ4n) is 2.27. The molecule has 128 valence electrons. The second kappa shape index (κ2) is 7.18. The van der Waals surface area contributed by atoms with Gasteiger partial charge in [0, 0.05) is 17.4 Å². The van der Waals surface area contributed by atoms with E-state index in [4.69, 9.17) is 16.7 Å². The lowest BCUT2D eigenvalue weighted by Crippen LogP contribution is -2.20. The third-order valence-corrected chi connectivity index (χ3v) is 3.64. The smallest absolute Gasteiger partial charge is 0.325 e. The van der Waals surface area contributed by atoms with Crippen LogP contribution in [0.2, 0.25) is 5.02 Å². The molecule has 2 N–H and O–H groups in total. The van der Waals surface area contributed by atoms with Gasteiger partial charge in [-0.1, -0.05) is 23.7 Å². The van der Waals surface area contributed by atoms with Gasteiger partial charge in [0.25, 0.3) is 5.91 Å². The number of hydrogen-bond donors (Lipinski definition) is 2. The number of hydrogen-bond acceptors (Lipinski definition) is 4. The maximum Gasteiger partial charge on any atom is 0.325 e. The van der Waals surface area contributed by atoms with Crippen LogP contribution in [0.1, 0.15) is 16.1 Å². The van der Waals surface area contributed by atoms with E-state index in [2.05, 4.69) is 15.5 Å². The molecule has 0 unspecified atom stereocenters. The van der Waals surface area contributed by atoms with E-state index in [1.54, 1.807) is 23.0 Å². The van der Waals surface area contributed by atoms with Crippen molar-refractivity contribution in [3.63, 3.8) is 0 Å². The Labute approximate surface area is 147 Å². The lowest BCUT2D eigenvalue weighted by atomic mass is 10.2. The van der Waals surface area contributed by atoms with Crippen LogP contribution < -0.4 is 5.32 Å². The Bertz CT molecular complexity index is 901. The van der Waals surface area contributed by atoms with Crippen LogP contribution in [-0.2, 0) is 17.9 Å². The molecule has 0 aliphatic heterocycles. The van der Waals surface area contributed by atoms with Crippen LogP contribution in [0.15, 0.2) is 48.9 Å². The number of nitrogens with one attached hydrogen (secondary N) is 1. The highest BCUT2D eigenvalue weighted by molar-refractivity contribution is 6.30. The van der Waals surface area contributed by atoms with Crippen LogP contribution in [0.25, 0.3) is 0 Å². The Hall–Kier alpha value is -3.13. The van der Waals surface area contributed by atoms with Crippen LogP contribution in [0.4, 0.5) is 5.69 Å². The number of aromatic nitrogens is 4. The molecule has 0 radical (unpaired) electrons. The standard InChI is InChI=1S/C16H14ClN5O3/c17-12-3-1-11(2-4-12)8-21-9-13(7-19-21)20-16(25)14-5-6-18-22(14)10-15(23)24/h1-7,9H,8,10H2,(H,20,25)(H,23,24). The van der Waals surface area contributed by atoms with Gasteiger partial charge in [0.15, 0.2) is 0 Å². The number of carbonyl (C=O) groups excluding carboxylic acids is 1. The average molecular weight is 360 g/mol. The van der Waals surface area contributed by atoms with Crippen molar-refractivity contribution in [3.05, 3.63) is 65.2 Å². The predicted molar refractivity (Wildman–Crippen MR) is 90.6 cm³/mol. The van der Waals surface area contributed by atoms with E-state index >= 15 is 0 Å². The molecule has 0 atom stereocenters. The normalized spacial score (nSPS) is 10.6. The summed E-state index contributed by atoms with van der Waals surface area (Å²) < 4.78 is 2.79. The van der Waals surface area contributed by atoms with Gasteiger partial charge in [0.05, 0.1) is 18.4 Å². The number of halogens is 1. The van der Waals surface area contributed by atoms with Crippen molar-refractivity contribution in [3.8, 4) is 0 Å². The summed E-state index contributed by atoms with van der Waals surface area (Å²) in [5.74, 6) is -1.53. The molecule has 3 rings (SSSR count). The SMILES string of the molecule is O=C(O)Cn1nccc1C(=O)Nc1cnn(Cc2ccc(Cl)cc2)c1. The van der Waals surface area contributed by atoms with Crippen LogP contribution in [-0.4, -0.2) is 36.5 Å². The summed E-state index contributed by atoms with van der Waals surface area (Å²) in [5.41, 5.74) is 1.68. The lowest BCUT2D eigenvalue weighted by molar-refractivity contribution is -0.137. The number of aliphatic carboxylic acids is 1. The predicted octanol–water partition coefficient (Wildman–Crippen LogP) is 2.12. The monoisotopic (exact) mass is 359 g/mol. The zero-order chi connectivity index (χ0) is 17.8. The minimum atomic E-state index is -1.08. The minimum absolute atomic E-state index is 0.160. The van der Waals surface area contributed by atoms with Gasteiger partial charge in [0.1, 0.15) is 12.2 Å². The molecule has 25 heavy (non-hydrogen) atoms. The van der Waals surface area contributed by atoms with Gasteiger partial charge in [-0.3, -0.25) is 14.3 Å². The first-order chi connectivity index (χ1) is 12.0. The summed E-state index contributed by atoms with van der Waals surface area (Å²) in [6, 6.07) is 8.84. The van der Waals surface area contributed by atoms with Crippen LogP contribution >= 0.6 is 11.6 Å². The number of rotatable bonds is 6. The highest BCUT2D eigenvalue weighted by Crippen LogP contribution is 2.13. The van der Waals surface area contributed by atoms with Crippen molar-refractivity contribution in [2.24, 2.45) is 0 Å². The number of carboxylic acid groups (broad SMARTS) is 1. The molecule has 0 aliphatic rings. The zero-order valence-corrected chi connectivity index (χ0v) is 13.7. The molecule has 0 saturated heterocycles. The molecule has 2 aromatic heterocycles. The van der Waals surface area contributed by atoms with Crippen molar-refractivity contribution >= 4 is 29.2 Å². The van der Waals surface area contributed by atoms with E-state index in [9.17, 15) is 9.59 Å². The summed E-state index contributed by atoms with van der Waals surface area (Å²) in [7, 11) is 0. The second-order valence-corrected chi connectivity index (χ2v) is 5.71. The second-order valence-electron chi connectivity index (χ2n) is 5.28. The molecule has 0 bridgehead atoms. The summed E-state index contributed by atoms with van der Waals surface area (Å²) in [6.07, 6.45) is 4.58.